The number of rotatable bonds is 6. The van der Waals surface area contributed by atoms with Gasteiger partial charge in [0.15, 0.2) is 6.61 Å². The van der Waals surface area contributed by atoms with E-state index in [1.165, 1.54) is 5.56 Å². The summed E-state index contributed by atoms with van der Waals surface area (Å²) in [6.07, 6.45) is 3.96. The topological polar surface area (TPSA) is 50.7 Å². The number of ether oxygens (including phenoxy) is 1. The molecule has 1 amide bonds. The molecule has 1 aliphatic rings. The maximum absolute atomic E-state index is 12.0. The summed E-state index contributed by atoms with van der Waals surface area (Å²) in [5, 5.41) is 4.27. The maximum atomic E-state index is 12.0. The highest BCUT2D eigenvalue weighted by atomic mass is 16.5. The van der Waals surface area contributed by atoms with Crippen molar-refractivity contribution in [3.8, 4) is 5.75 Å². The Labute approximate surface area is 150 Å². The number of carbonyl (C=O) groups excluding carboxylic acids is 1. The molecule has 0 aromatic heterocycles. The second kappa shape index (κ2) is 8.65. The molecule has 1 N–H and O–H groups in total. The van der Waals surface area contributed by atoms with Crippen LogP contribution < -0.4 is 10.2 Å². The third-order valence-electron chi connectivity index (χ3n) is 4.53. The van der Waals surface area contributed by atoms with Gasteiger partial charge in [-0.25, -0.2) is 5.43 Å². The summed E-state index contributed by atoms with van der Waals surface area (Å²) < 4.78 is 5.52. The lowest BCUT2D eigenvalue weighted by Crippen LogP contribution is -2.27. The summed E-state index contributed by atoms with van der Waals surface area (Å²) in [5.41, 5.74) is 7.01. The van der Waals surface area contributed by atoms with E-state index in [9.17, 15) is 4.79 Å². The third-order valence-corrected chi connectivity index (χ3v) is 4.53. The van der Waals surface area contributed by atoms with Gasteiger partial charge < -0.3 is 4.74 Å². The molecule has 0 spiro atoms. The van der Waals surface area contributed by atoms with Crippen LogP contribution in [0.3, 0.4) is 0 Å². The van der Waals surface area contributed by atoms with E-state index in [4.69, 9.17) is 4.74 Å². The Morgan fingerprint density at radius 3 is 2.64 bits per heavy atom. The van der Waals surface area contributed by atoms with Gasteiger partial charge in [0, 0.05) is 0 Å². The Bertz CT molecular complexity index is 684. The van der Waals surface area contributed by atoms with Crippen LogP contribution in [-0.4, -0.2) is 18.2 Å². The van der Waals surface area contributed by atoms with Gasteiger partial charge in [-0.1, -0.05) is 44.2 Å². The van der Waals surface area contributed by atoms with Crippen molar-refractivity contribution >= 4 is 11.6 Å². The zero-order valence-corrected chi connectivity index (χ0v) is 15.6. The smallest absolute Gasteiger partial charge is 0.277 e. The highest BCUT2D eigenvalue weighted by Crippen LogP contribution is 2.26. The van der Waals surface area contributed by atoms with E-state index in [-0.39, 0.29) is 12.5 Å². The Balaban J connectivity index is 1.86. The summed E-state index contributed by atoms with van der Waals surface area (Å²) in [6.45, 7) is 12.3. The number of hydrogen-bond donors (Lipinski definition) is 1. The molecule has 0 fully saturated rings. The van der Waals surface area contributed by atoms with Gasteiger partial charge >= 0.3 is 0 Å². The SMILES string of the molecule is C=C(C)C1CC=C(C)/C(=N/NC(=O)COc2ccc(C(C)C)cc2)C1. The van der Waals surface area contributed by atoms with Crippen LogP contribution in [0.1, 0.15) is 52.0 Å². The Morgan fingerprint density at radius 1 is 1.36 bits per heavy atom. The molecule has 134 valence electrons. The third kappa shape index (κ3) is 5.59. The van der Waals surface area contributed by atoms with Crippen LogP contribution >= 0.6 is 0 Å². The molecule has 0 saturated heterocycles. The number of hydrazone groups is 1. The fraction of sp³-hybridized carbons (Fsp3) is 0.429. The first kappa shape index (κ1) is 19.0. The Kier molecular flexibility index (Phi) is 6.57. The summed E-state index contributed by atoms with van der Waals surface area (Å²) in [5.74, 6) is 1.30. The standard InChI is InChI=1S/C21H28N2O2/c1-14(2)17-8-10-19(11-9-17)25-13-21(24)23-22-20-12-18(15(3)4)7-6-16(20)5/h6,8-11,14,18H,3,7,12-13H2,1-2,4-5H3,(H,23,24)/b22-20+. The predicted octanol–water partition coefficient (Wildman–Crippen LogP) is 4.59. The van der Waals surface area contributed by atoms with Crippen molar-refractivity contribution in [2.75, 3.05) is 6.61 Å². The van der Waals surface area contributed by atoms with Crippen molar-refractivity contribution in [1.29, 1.82) is 0 Å². The van der Waals surface area contributed by atoms with Crippen LogP contribution in [0.15, 0.2) is 53.2 Å². The molecule has 0 radical (unpaired) electrons. The highest BCUT2D eigenvalue weighted by Gasteiger charge is 2.18. The Morgan fingerprint density at radius 2 is 2.04 bits per heavy atom. The van der Waals surface area contributed by atoms with Gasteiger partial charge in [-0.3, -0.25) is 4.79 Å². The monoisotopic (exact) mass is 340 g/mol. The molecule has 1 aromatic carbocycles. The fourth-order valence-electron chi connectivity index (χ4n) is 2.68. The molecule has 2 rings (SSSR count). The zero-order chi connectivity index (χ0) is 18.4. The number of amides is 1. The van der Waals surface area contributed by atoms with Crippen LogP contribution in [0.5, 0.6) is 5.75 Å². The number of carbonyl (C=O) groups is 1. The number of benzene rings is 1. The van der Waals surface area contributed by atoms with E-state index in [1.807, 2.05) is 38.1 Å². The molecule has 1 unspecified atom stereocenters. The summed E-state index contributed by atoms with van der Waals surface area (Å²) in [6, 6.07) is 7.82. The van der Waals surface area contributed by atoms with E-state index < -0.39 is 0 Å². The molecule has 0 heterocycles. The van der Waals surface area contributed by atoms with Crippen LogP contribution in [0.4, 0.5) is 0 Å². The summed E-state index contributed by atoms with van der Waals surface area (Å²) >= 11 is 0. The lowest BCUT2D eigenvalue weighted by atomic mass is 9.85. The number of nitrogens with one attached hydrogen (secondary N) is 1. The van der Waals surface area contributed by atoms with Gasteiger partial charge in [0.2, 0.25) is 0 Å². The predicted molar refractivity (Wildman–Crippen MR) is 103 cm³/mol. The van der Waals surface area contributed by atoms with Crippen molar-refractivity contribution in [2.24, 2.45) is 11.0 Å². The van der Waals surface area contributed by atoms with Gasteiger partial charge in [-0.15, -0.1) is 0 Å². The first-order chi connectivity index (χ1) is 11.9. The molecule has 1 aliphatic carbocycles. The van der Waals surface area contributed by atoms with Crippen molar-refractivity contribution in [1.82, 2.24) is 5.43 Å². The van der Waals surface area contributed by atoms with Crippen molar-refractivity contribution in [3.63, 3.8) is 0 Å². The van der Waals surface area contributed by atoms with Crippen LogP contribution in [0.25, 0.3) is 0 Å². The fourth-order valence-corrected chi connectivity index (χ4v) is 2.68. The van der Waals surface area contributed by atoms with E-state index in [1.54, 1.807) is 0 Å². The van der Waals surface area contributed by atoms with Gasteiger partial charge in [0.25, 0.3) is 5.91 Å². The van der Waals surface area contributed by atoms with Gasteiger partial charge in [-0.2, -0.15) is 5.10 Å². The lowest BCUT2D eigenvalue weighted by molar-refractivity contribution is -0.123. The minimum absolute atomic E-state index is 0.0511. The Hall–Kier alpha value is -2.36. The molecule has 1 atom stereocenters. The molecule has 4 heteroatoms. The van der Waals surface area contributed by atoms with Crippen LogP contribution in [-0.2, 0) is 4.79 Å². The van der Waals surface area contributed by atoms with Crippen LogP contribution in [0.2, 0.25) is 0 Å². The van der Waals surface area contributed by atoms with E-state index in [2.05, 4.69) is 37.0 Å². The van der Waals surface area contributed by atoms with Crippen molar-refractivity contribution < 1.29 is 9.53 Å². The molecule has 0 bridgehead atoms. The zero-order valence-electron chi connectivity index (χ0n) is 15.6. The average Bonchev–Trinajstić information content (AvgIpc) is 2.59. The number of hydrogen-bond acceptors (Lipinski definition) is 3. The molecule has 0 aliphatic heterocycles. The molecule has 1 aromatic rings. The van der Waals surface area contributed by atoms with Gasteiger partial charge in [0.05, 0.1) is 5.71 Å². The van der Waals surface area contributed by atoms with E-state index >= 15 is 0 Å². The second-order valence-electron chi connectivity index (χ2n) is 6.98. The average molecular weight is 340 g/mol. The first-order valence-corrected chi connectivity index (χ1v) is 8.77. The largest absolute Gasteiger partial charge is 0.484 e. The molecular weight excluding hydrogens is 312 g/mol. The lowest BCUT2D eigenvalue weighted by Gasteiger charge is -2.22. The maximum Gasteiger partial charge on any atom is 0.277 e. The van der Waals surface area contributed by atoms with E-state index in [0.29, 0.717) is 17.6 Å². The molecule has 4 nitrogen and oxygen atoms in total. The van der Waals surface area contributed by atoms with Gasteiger partial charge in [-0.05, 0) is 61.8 Å². The minimum atomic E-state index is -0.259. The van der Waals surface area contributed by atoms with Crippen molar-refractivity contribution in [3.05, 3.63) is 53.6 Å². The first-order valence-electron chi connectivity index (χ1n) is 8.77. The number of nitrogens with zero attached hydrogens (tertiary/aromatic N) is 1. The van der Waals surface area contributed by atoms with Gasteiger partial charge in [0.1, 0.15) is 5.75 Å². The van der Waals surface area contributed by atoms with Crippen LogP contribution in [0, 0.1) is 5.92 Å². The van der Waals surface area contributed by atoms with Crippen molar-refractivity contribution in [2.45, 2.75) is 46.5 Å². The molecule has 25 heavy (non-hydrogen) atoms. The summed E-state index contributed by atoms with van der Waals surface area (Å²) in [7, 11) is 0. The molecular formula is C21H28N2O2. The van der Waals surface area contributed by atoms with E-state index in [0.717, 1.165) is 29.7 Å². The summed E-state index contributed by atoms with van der Waals surface area (Å²) in [4.78, 5) is 12.0. The minimum Gasteiger partial charge on any atom is -0.484 e. The molecule has 0 saturated carbocycles. The normalized spacial score (nSPS) is 18.8. The highest BCUT2D eigenvalue weighted by molar-refractivity contribution is 6.01. The number of allylic oxidation sites excluding steroid dienone is 3. The quantitative estimate of drug-likeness (QED) is 0.608. The second-order valence-corrected chi connectivity index (χ2v) is 6.98.